The summed E-state index contributed by atoms with van der Waals surface area (Å²) < 4.78 is 40.8. The van der Waals surface area contributed by atoms with E-state index >= 15 is 0 Å². The van der Waals surface area contributed by atoms with Gasteiger partial charge in [-0.3, -0.25) is 4.74 Å². The number of alkyl halides is 3. The Labute approximate surface area is 113 Å². The van der Waals surface area contributed by atoms with E-state index in [2.05, 4.69) is 26.4 Å². The summed E-state index contributed by atoms with van der Waals surface area (Å²) in [6, 6.07) is 0. The van der Waals surface area contributed by atoms with Gasteiger partial charge in [0.05, 0.1) is 25.0 Å². The van der Waals surface area contributed by atoms with Crippen molar-refractivity contribution in [3.8, 4) is 0 Å². The normalized spacial score (nSPS) is 13.6. The number of fused-ring (bicyclic) bond motifs is 1. The molecule has 0 bridgehead atoms. The van der Waals surface area contributed by atoms with Gasteiger partial charge in [-0.2, -0.15) is 5.10 Å². The van der Waals surface area contributed by atoms with Gasteiger partial charge in [-0.1, -0.05) is 13.0 Å². The second-order valence-electron chi connectivity index (χ2n) is 4.19. The Morgan fingerprint density at radius 3 is 2.85 bits per heavy atom. The summed E-state index contributed by atoms with van der Waals surface area (Å²) in [6.45, 7) is 4.99. The minimum absolute atomic E-state index is 0.00155. The molecule has 20 heavy (non-hydrogen) atoms. The lowest BCUT2D eigenvalue weighted by atomic mass is 10.1. The molecule has 0 aliphatic carbocycles. The molecule has 5 nitrogen and oxygen atoms in total. The summed E-state index contributed by atoms with van der Waals surface area (Å²) in [6.07, 6.45) is 0.131. The summed E-state index contributed by atoms with van der Waals surface area (Å²) in [5.41, 5.74) is 1.64. The molecule has 2 rings (SSSR count). The number of halogens is 3. The lowest BCUT2D eigenvalue weighted by Crippen LogP contribution is -2.18. The minimum atomic E-state index is -4.64. The largest absolute Gasteiger partial charge is 0.522 e. The van der Waals surface area contributed by atoms with E-state index in [-0.39, 0.29) is 12.5 Å². The van der Waals surface area contributed by atoms with Gasteiger partial charge >= 0.3 is 6.36 Å². The van der Waals surface area contributed by atoms with E-state index in [1.165, 1.54) is 10.9 Å². The average molecular weight is 286 g/mol. The summed E-state index contributed by atoms with van der Waals surface area (Å²) in [4.78, 5) is 8.52. The quantitative estimate of drug-likeness (QED) is 0.793. The van der Waals surface area contributed by atoms with Gasteiger partial charge in [0, 0.05) is 12.1 Å². The smallest absolute Gasteiger partial charge is 0.290 e. The molecule has 0 saturated heterocycles. The second kappa shape index (κ2) is 5.58. The fraction of sp³-hybridized carbons (Fsp3) is 0.417. The maximum atomic E-state index is 11.9. The topological polar surface area (TPSA) is 52.8 Å². The van der Waals surface area contributed by atoms with Crippen LogP contribution in [0, 0.1) is 0 Å². The van der Waals surface area contributed by atoms with Crippen molar-refractivity contribution in [3.05, 3.63) is 30.7 Å². The van der Waals surface area contributed by atoms with Gasteiger partial charge in [-0.25, -0.2) is 14.6 Å². The fourth-order valence-electron chi connectivity index (χ4n) is 1.61. The van der Waals surface area contributed by atoms with E-state index in [0.29, 0.717) is 16.9 Å². The summed E-state index contributed by atoms with van der Waals surface area (Å²) >= 11 is 0. The van der Waals surface area contributed by atoms with Crippen LogP contribution in [0.3, 0.4) is 0 Å². The zero-order valence-electron chi connectivity index (χ0n) is 10.8. The van der Waals surface area contributed by atoms with Crippen molar-refractivity contribution < 1.29 is 17.9 Å². The fourth-order valence-corrected chi connectivity index (χ4v) is 1.61. The molecule has 2 heterocycles. The van der Waals surface area contributed by atoms with E-state index in [9.17, 15) is 13.2 Å². The second-order valence-corrected chi connectivity index (χ2v) is 4.19. The third kappa shape index (κ3) is 3.32. The summed E-state index contributed by atoms with van der Waals surface area (Å²) in [5.74, 6) is 0.00155. The van der Waals surface area contributed by atoms with Crippen LogP contribution in [0.15, 0.2) is 25.0 Å². The first-order valence-corrected chi connectivity index (χ1v) is 5.92. The molecule has 108 valence electrons. The van der Waals surface area contributed by atoms with Crippen molar-refractivity contribution in [3.63, 3.8) is 0 Å². The zero-order valence-corrected chi connectivity index (χ0v) is 10.8. The SMILES string of the molecule is C=CC(C)c1cnc2cnn(CCOC(F)(F)F)c2n1. The lowest BCUT2D eigenvalue weighted by molar-refractivity contribution is -0.325. The van der Waals surface area contributed by atoms with Gasteiger partial charge < -0.3 is 0 Å². The van der Waals surface area contributed by atoms with Crippen LogP contribution in [-0.2, 0) is 11.3 Å². The molecular weight excluding hydrogens is 273 g/mol. The monoisotopic (exact) mass is 286 g/mol. The van der Waals surface area contributed by atoms with Crippen molar-refractivity contribution in [1.29, 1.82) is 0 Å². The summed E-state index contributed by atoms with van der Waals surface area (Å²) in [7, 11) is 0. The van der Waals surface area contributed by atoms with Crippen molar-refractivity contribution in [2.24, 2.45) is 0 Å². The van der Waals surface area contributed by atoms with Crippen molar-refractivity contribution >= 4 is 11.2 Å². The Morgan fingerprint density at radius 2 is 2.20 bits per heavy atom. The molecule has 0 radical (unpaired) electrons. The van der Waals surface area contributed by atoms with Gasteiger partial charge in [0.2, 0.25) is 0 Å². The van der Waals surface area contributed by atoms with E-state index in [4.69, 9.17) is 0 Å². The van der Waals surface area contributed by atoms with Gasteiger partial charge in [0.1, 0.15) is 5.52 Å². The molecule has 0 amide bonds. The number of aromatic nitrogens is 4. The molecule has 1 unspecified atom stereocenters. The number of nitrogens with zero attached hydrogens (tertiary/aromatic N) is 4. The first-order valence-electron chi connectivity index (χ1n) is 5.92. The Bertz CT molecular complexity index is 608. The van der Waals surface area contributed by atoms with E-state index in [1.54, 1.807) is 12.3 Å². The van der Waals surface area contributed by atoms with Crippen LogP contribution in [0.25, 0.3) is 11.2 Å². The first-order chi connectivity index (χ1) is 9.40. The molecule has 8 heteroatoms. The maximum Gasteiger partial charge on any atom is 0.522 e. The number of rotatable bonds is 5. The van der Waals surface area contributed by atoms with Crippen molar-refractivity contribution in [2.75, 3.05) is 6.61 Å². The Hall–Kier alpha value is -1.96. The van der Waals surface area contributed by atoms with Gasteiger partial charge in [0.15, 0.2) is 5.65 Å². The van der Waals surface area contributed by atoms with Crippen LogP contribution < -0.4 is 0 Å². The summed E-state index contributed by atoms with van der Waals surface area (Å²) in [5, 5.41) is 3.96. The van der Waals surface area contributed by atoms with Crippen molar-refractivity contribution in [1.82, 2.24) is 19.7 Å². The molecule has 0 spiro atoms. The molecule has 0 N–H and O–H groups in total. The Morgan fingerprint density at radius 1 is 1.45 bits per heavy atom. The van der Waals surface area contributed by atoms with Crippen LogP contribution in [0.2, 0.25) is 0 Å². The Balaban J connectivity index is 2.19. The molecule has 0 aliphatic rings. The maximum absolute atomic E-state index is 11.9. The van der Waals surface area contributed by atoms with E-state index in [0.717, 1.165) is 0 Å². The third-order valence-electron chi connectivity index (χ3n) is 2.75. The number of ether oxygens (including phenoxy) is 1. The molecule has 0 aliphatic heterocycles. The van der Waals surface area contributed by atoms with E-state index in [1.807, 2.05) is 6.92 Å². The predicted octanol–water partition coefficient (Wildman–Crippen LogP) is 2.65. The Kier molecular flexibility index (Phi) is 4.03. The molecule has 2 aromatic heterocycles. The van der Waals surface area contributed by atoms with E-state index < -0.39 is 13.0 Å². The number of hydrogen-bond donors (Lipinski definition) is 0. The van der Waals surface area contributed by atoms with Crippen LogP contribution in [0.1, 0.15) is 18.5 Å². The third-order valence-corrected chi connectivity index (χ3v) is 2.75. The minimum Gasteiger partial charge on any atom is -0.290 e. The van der Waals surface area contributed by atoms with Crippen LogP contribution >= 0.6 is 0 Å². The zero-order chi connectivity index (χ0) is 14.8. The standard InChI is InChI=1S/C12H13F3N4O/c1-3-8(2)9-6-16-10-7-17-19(11(10)18-9)4-5-20-12(13,14)15/h3,6-8H,1,4-5H2,2H3. The van der Waals surface area contributed by atoms with Crippen LogP contribution in [0.5, 0.6) is 0 Å². The van der Waals surface area contributed by atoms with Crippen LogP contribution in [-0.4, -0.2) is 32.7 Å². The van der Waals surface area contributed by atoms with Crippen LogP contribution in [0.4, 0.5) is 13.2 Å². The lowest BCUT2D eigenvalue weighted by Gasteiger charge is -2.08. The number of hydrogen-bond acceptors (Lipinski definition) is 4. The molecule has 0 saturated carbocycles. The van der Waals surface area contributed by atoms with Gasteiger partial charge in [-0.05, 0) is 0 Å². The molecule has 0 fully saturated rings. The van der Waals surface area contributed by atoms with Gasteiger partial charge in [-0.15, -0.1) is 19.8 Å². The highest BCUT2D eigenvalue weighted by Gasteiger charge is 2.28. The molecule has 0 aromatic carbocycles. The highest BCUT2D eigenvalue weighted by molar-refractivity contribution is 5.69. The molecule has 2 aromatic rings. The molecular formula is C12H13F3N4O. The average Bonchev–Trinajstić information content (AvgIpc) is 2.79. The first kappa shape index (κ1) is 14.4. The predicted molar refractivity (Wildman–Crippen MR) is 65.9 cm³/mol. The number of allylic oxidation sites excluding steroid dienone is 1. The highest BCUT2D eigenvalue weighted by Crippen LogP contribution is 2.18. The van der Waals surface area contributed by atoms with Gasteiger partial charge in [0.25, 0.3) is 0 Å². The molecule has 1 atom stereocenters. The van der Waals surface area contributed by atoms with Crippen molar-refractivity contribution in [2.45, 2.75) is 25.7 Å². The highest BCUT2D eigenvalue weighted by atomic mass is 19.4.